The first kappa shape index (κ1) is 13.7. The molecule has 0 unspecified atom stereocenters. The topological polar surface area (TPSA) is 84.1 Å². The molecule has 0 aliphatic heterocycles. The van der Waals surface area contributed by atoms with E-state index in [-0.39, 0.29) is 6.54 Å². The van der Waals surface area contributed by atoms with Gasteiger partial charge in [-0.25, -0.2) is 4.68 Å². The van der Waals surface area contributed by atoms with Crippen LogP contribution in [0.2, 0.25) is 0 Å². The zero-order chi connectivity index (χ0) is 14.7. The van der Waals surface area contributed by atoms with Gasteiger partial charge in [0.1, 0.15) is 0 Å². The lowest BCUT2D eigenvalue weighted by Crippen LogP contribution is -2.32. The molecule has 21 heavy (non-hydrogen) atoms. The van der Waals surface area contributed by atoms with Crippen LogP contribution in [0.3, 0.4) is 0 Å². The molecule has 1 aliphatic rings. The summed E-state index contributed by atoms with van der Waals surface area (Å²) < 4.78 is 1.73. The molecule has 0 bridgehead atoms. The molecule has 0 spiro atoms. The monoisotopic (exact) mass is 287 g/mol. The smallest absolute Gasteiger partial charge is 0.317 e. The van der Waals surface area contributed by atoms with E-state index in [9.17, 15) is 4.79 Å². The minimum Gasteiger partial charge on any atom is -0.480 e. The number of rotatable bonds is 7. The zero-order valence-electron chi connectivity index (χ0n) is 11.6. The summed E-state index contributed by atoms with van der Waals surface area (Å²) in [5.41, 5.74) is 1.11. The van der Waals surface area contributed by atoms with E-state index in [0.717, 1.165) is 18.4 Å². The van der Waals surface area contributed by atoms with Crippen molar-refractivity contribution in [3.8, 4) is 0 Å². The highest BCUT2D eigenvalue weighted by Crippen LogP contribution is 2.27. The molecule has 3 rings (SSSR count). The lowest BCUT2D eigenvalue weighted by molar-refractivity contribution is -0.138. The van der Waals surface area contributed by atoms with Crippen LogP contribution < -0.4 is 0 Å². The molecule has 2 aromatic rings. The summed E-state index contributed by atoms with van der Waals surface area (Å²) in [6, 6.07) is 10.3. The maximum atomic E-state index is 10.9. The minimum absolute atomic E-state index is 0.0306. The molecule has 1 aromatic carbocycles. The van der Waals surface area contributed by atoms with Crippen LogP contribution in [-0.4, -0.2) is 48.8 Å². The summed E-state index contributed by atoms with van der Waals surface area (Å²) >= 11 is 0. The summed E-state index contributed by atoms with van der Waals surface area (Å²) in [5, 5.41) is 20.8. The van der Waals surface area contributed by atoms with Gasteiger partial charge in [-0.2, -0.15) is 0 Å². The van der Waals surface area contributed by atoms with E-state index < -0.39 is 5.97 Å². The molecule has 0 amide bonds. The number of hydrogen-bond donors (Lipinski definition) is 1. The first-order valence-electron chi connectivity index (χ1n) is 6.97. The predicted octanol–water partition coefficient (Wildman–Crippen LogP) is 0.770. The van der Waals surface area contributed by atoms with Gasteiger partial charge in [0.2, 0.25) is 0 Å². The van der Waals surface area contributed by atoms with Crippen molar-refractivity contribution >= 4 is 5.97 Å². The van der Waals surface area contributed by atoms with E-state index in [1.807, 2.05) is 35.2 Å². The Kier molecular flexibility index (Phi) is 3.92. The third-order valence-electron chi connectivity index (χ3n) is 3.53. The Balaban J connectivity index is 1.71. The van der Waals surface area contributed by atoms with E-state index in [1.165, 1.54) is 0 Å². The highest BCUT2D eigenvalue weighted by atomic mass is 16.4. The summed E-state index contributed by atoms with van der Waals surface area (Å²) in [4.78, 5) is 12.9. The molecule has 1 saturated carbocycles. The van der Waals surface area contributed by atoms with E-state index in [0.29, 0.717) is 25.0 Å². The van der Waals surface area contributed by atoms with Crippen molar-refractivity contribution < 1.29 is 9.90 Å². The average Bonchev–Trinajstić information content (AvgIpc) is 3.23. The summed E-state index contributed by atoms with van der Waals surface area (Å²) in [5.74, 6) is -0.115. The molecule has 1 aliphatic carbocycles. The summed E-state index contributed by atoms with van der Waals surface area (Å²) in [6.07, 6.45) is 2.10. The quantitative estimate of drug-likeness (QED) is 0.809. The second-order valence-corrected chi connectivity index (χ2v) is 5.27. The minimum atomic E-state index is -0.816. The Hall–Kier alpha value is -2.28. The number of hydrogen-bond acceptors (Lipinski definition) is 5. The van der Waals surface area contributed by atoms with Crippen LogP contribution in [-0.2, 0) is 17.9 Å². The highest BCUT2D eigenvalue weighted by Gasteiger charge is 2.31. The fourth-order valence-corrected chi connectivity index (χ4v) is 2.32. The standard InChI is InChI=1S/C14H17N5O2/c20-14(21)10-18(12-6-7-12)9-13-15-16-17-19(13)8-11-4-2-1-3-5-11/h1-5,12H,6-10H2,(H,20,21). The summed E-state index contributed by atoms with van der Waals surface area (Å²) in [7, 11) is 0. The Bertz CT molecular complexity index is 609. The van der Waals surface area contributed by atoms with Gasteiger partial charge in [-0.1, -0.05) is 30.3 Å². The van der Waals surface area contributed by atoms with Gasteiger partial charge in [-0.3, -0.25) is 9.69 Å². The Morgan fingerprint density at radius 2 is 2.10 bits per heavy atom. The van der Waals surface area contributed by atoms with Crippen LogP contribution in [0.4, 0.5) is 0 Å². The normalized spacial score (nSPS) is 14.5. The van der Waals surface area contributed by atoms with Gasteiger partial charge in [-0.05, 0) is 28.8 Å². The van der Waals surface area contributed by atoms with Crippen LogP contribution in [0.25, 0.3) is 0 Å². The zero-order valence-corrected chi connectivity index (χ0v) is 11.6. The third-order valence-corrected chi connectivity index (χ3v) is 3.53. The molecule has 7 heteroatoms. The molecular formula is C14H17N5O2. The Labute approximate surface area is 122 Å². The number of tetrazole rings is 1. The van der Waals surface area contributed by atoms with Gasteiger partial charge >= 0.3 is 5.97 Å². The molecular weight excluding hydrogens is 270 g/mol. The van der Waals surface area contributed by atoms with Gasteiger partial charge < -0.3 is 5.11 Å². The first-order valence-corrected chi connectivity index (χ1v) is 6.97. The molecule has 1 fully saturated rings. The molecule has 0 radical (unpaired) electrons. The number of benzene rings is 1. The SMILES string of the molecule is O=C(O)CN(Cc1nnnn1Cc1ccccc1)C1CC1. The third kappa shape index (κ3) is 3.63. The number of aromatic nitrogens is 4. The van der Waals surface area contributed by atoms with Gasteiger partial charge in [0.25, 0.3) is 0 Å². The van der Waals surface area contributed by atoms with E-state index in [1.54, 1.807) is 4.68 Å². The molecule has 0 atom stereocenters. The molecule has 0 saturated heterocycles. The van der Waals surface area contributed by atoms with Crippen LogP contribution >= 0.6 is 0 Å². The van der Waals surface area contributed by atoms with Crippen molar-refractivity contribution in [2.75, 3.05) is 6.54 Å². The Morgan fingerprint density at radius 1 is 1.33 bits per heavy atom. The van der Waals surface area contributed by atoms with Crippen LogP contribution in [0.5, 0.6) is 0 Å². The fraction of sp³-hybridized carbons (Fsp3) is 0.429. The predicted molar refractivity (Wildman–Crippen MR) is 74.4 cm³/mol. The average molecular weight is 287 g/mol. The van der Waals surface area contributed by atoms with Crippen molar-refractivity contribution in [3.05, 3.63) is 41.7 Å². The van der Waals surface area contributed by atoms with Crippen molar-refractivity contribution in [1.82, 2.24) is 25.1 Å². The molecule has 7 nitrogen and oxygen atoms in total. The molecule has 1 N–H and O–H groups in total. The van der Waals surface area contributed by atoms with E-state index in [2.05, 4.69) is 15.5 Å². The van der Waals surface area contributed by atoms with Crippen LogP contribution in [0.15, 0.2) is 30.3 Å². The number of carboxylic acid groups (broad SMARTS) is 1. The van der Waals surface area contributed by atoms with Crippen molar-refractivity contribution in [2.45, 2.75) is 32.0 Å². The van der Waals surface area contributed by atoms with Crippen LogP contribution in [0, 0.1) is 0 Å². The van der Waals surface area contributed by atoms with Crippen molar-refractivity contribution in [3.63, 3.8) is 0 Å². The van der Waals surface area contributed by atoms with Crippen LogP contribution in [0.1, 0.15) is 24.2 Å². The van der Waals surface area contributed by atoms with E-state index >= 15 is 0 Å². The lowest BCUT2D eigenvalue weighted by atomic mass is 10.2. The maximum absolute atomic E-state index is 10.9. The van der Waals surface area contributed by atoms with Gasteiger partial charge in [0.15, 0.2) is 5.82 Å². The van der Waals surface area contributed by atoms with Crippen molar-refractivity contribution in [2.24, 2.45) is 0 Å². The lowest BCUT2D eigenvalue weighted by Gasteiger charge is -2.18. The fourth-order valence-electron chi connectivity index (χ4n) is 2.32. The van der Waals surface area contributed by atoms with E-state index in [4.69, 9.17) is 5.11 Å². The second kappa shape index (κ2) is 6.01. The van der Waals surface area contributed by atoms with Crippen molar-refractivity contribution in [1.29, 1.82) is 0 Å². The molecule has 1 heterocycles. The Morgan fingerprint density at radius 3 is 2.76 bits per heavy atom. The maximum Gasteiger partial charge on any atom is 0.317 e. The number of aliphatic carboxylic acids is 1. The highest BCUT2D eigenvalue weighted by molar-refractivity contribution is 5.69. The number of nitrogens with zero attached hydrogens (tertiary/aromatic N) is 5. The second-order valence-electron chi connectivity index (χ2n) is 5.27. The number of carbonyl (C=O) groups is 1. The summed E-state index contributed by atoms with van der Waals surface area (Å²) in [6.45, 7) is 1.09. The number of carboxylic acids is 1. The van der Waals surface area contributed by atoms with Gasteiger partial charge in [-0.15, -0.1) is 5.10 Å². The van der Waals surface area contributed by atoms with Gasteiger partial charge in [0, 0.05) is 6.04 Å². The molecule has 110 valence electrons. The largest absolute Gasteiger partial charge is 0.480 e. The van der Waals surface area contributed by atoms with Gasteiger partial charge in [0.05, 0.1) is 19.6 Å². The first-order chi connectivity index (χ1) is 10.2. The molecule has 1 aromatic heterocycles.